The highest BCUT2D eigenvalue weighted by molar-refractivity contribution is 5.55. The number of rotatable bonds is 16. The van der Waals surface area contributed by atoms with E-state index in [1.165, 1.54) is 63.4 Å². The van der Waals surface area contributed by atoms with Crippen molar-refractivity contribution in [1.29, 1.82) is 0 Å². The molecule has 1 aromatic heterocycles. The van der Waals surface area contributed by atoms with Crippen LogP contribution in [0.2, 0.25) is 0 Å². The second kappa shape index (κ2) is 15.6. The van der Waals surface area contributed by atoms with Crippen LogP contribution < -0.4 is 4.74 Å². The lowest BCUT2D eigenvalue weighted by Crippen LogP contribution is -1.98. The molecule has 0 unspecified atom stereocenters. The van der Waals surface area contributed by atoms with Crippen LogP contribution in [0, 0.1) is 0 Å². The molecule has 2 rings (SSSR count). The van der Waals surface area contributed by atoms with Crippen molar-refractivity contribution in [2.75, 3.05) is 6.61 Å². The van der Waals surface area contributed by atoms with Crippen LogP contribution in [-0.2, 0) is 6.42 Å². The fourth-order valence-corrected chi connectivity index (χ4v) is 3.45. The number of aromatic nitrogens is 2. The van der Waals surface area contributed by atoms with Crippen LogP contribution in [0.1, 0.15) is 90.0 Å². The van der Waals surface area contributed by atoms with Gasteiger partial charge in [0.25, 0.3) is 0 Å². The van der Waals surface area contributed by atoms with Gasteiger partial charge in [0.05, 0.1) is 19.0 Å². The Morgan fingerprint density at radius 2 is 1.37 bits per heavy atom. The summed E-state index contributed by atoms with van der Waals surface area (Å²) in [5.74, 6) is 1.49. The van der Waals surface area contributed by atoms with E-state index in [4.69, 9.17) is 4.74 Å². The highest BCUT2D eigenvalue weighted by Gasteiger charge is 2.03. The number of nitrogens with zero attached hydrogens (tertiary/aromatic N) is 2. The first-order valence-corrected chi connectivity index (χ1v) is 12.0. The first kappa shape index (κ1) is 24.1. The molecule has 0 N–H and O–H groups in total. The molecule has 0 saturated heterocycles. The van der Waals surface area contributed by atoms with Crippen molar-refractivity contribution < 1.29 is 4.74 Å². The van der Waals surface area contributed by atoms with E-state index < -0.39 is 0 Å². The van der Waals surface area contributed by atoms with E-state index in [-0.39, 0.29) is 0 Å². The topological polar surface area (TPSA) is 35.0 Å². The van der Waals surface area contributed by atoms with Crippen LogP contribution in [0.15, 0.2) is 48.8 Å². The van der Waals surface area contributed by atoms with Gasteiger partial charge >= 0.3 is 0 Å². The lowest BCUT2D eigenvalue weighted by Gasteiger charge is -2.06. The van der Waals surface area contributed by atoms with E-state index in [0.717, 1.165) is 36.4 Å². The minimum atomic E-state index is 0.665. The average molecular weight is 409 g/mol. The number of benzene rings is 1. The Labute approximate surface area is 184 Å². The molecular formula is C27H40N2O. The van der Waals surface area contributed by atoms with Gasteiger partial charge in [0, 0.05) is 5.56 Å². The van der Waals surface area contributed by atoms with E-state index in [1.807, 2.05) is 0 Å². The van der Waals surface area contributed by atoms with Crippen LogP contribution in [-0.4, -0.2) is 16.6 Å². The molecule has 0 spiro atoms. The van der Waals surface area contributed by atoms with Gasteiger partial charge in [-0.25, -0.2) is 9.97 Å². The summed E-state index contributed by atoms with van der Waals surface area (Å²) in [6, 6.07) is 8.69. The van der Waals surface area contributed by atoms with Crippen LogP contribution >= 0.6 is 0 Å². The predicted molar refractivity (Wildman–Crippen MR) is 128 cm³/mol. The van der Waals surface area contributed by atoms with Gasteiger partial charge in [0.15, 0.2) is 11.6 Å². The van der Waals surface area contributed by atoms with Crippen molar-refractivity contribution in [1.82, 2.24) is 9.97 Å². The summed E-state index contributed by atoms with van der Waals surface area (Å²) < 4.78 is 5.73. The van der Waals surface area contributed by atoms with Crippen LogP contribution in [0.4, 0.5) is 0 Å². The zero-order chi connectivity index (χ0) is 21.3. The number of ether oxygens (including phenoxy) is 1. The number of unbranched alkanes of at least 4 members (excludes halogenated alkanes) is 8. The summed E-state index contributed by atoms with van der Waals surface area (Å²) in [5.41, 5.74) is 2.46. The predicted octanol–water partition coefficient (Wildman–Crippen LogP) is 7.95. The fourth-order valence-electron chi connectivity index (χ4n) is 3.45. The molecule has 0 aliphatic carbocycles. The monoisotopic (exact) mass is 408 g/mol. The van der Waals surface area contributed by atoms with Gasteiger partial charge in [-0.05, 0) is 31.2 Å². The molecular weight excluding hydrogens is 368 g/mol. The molecule has 0 aliphatic heterocycles. The lowest BCUT2D eigenvalue weighted by atomic mass is 10.0. The molecule has 164 valence electrons. The second-order valence-electron chi connectivity index (χ2n) is 8.06. The first-order chi connectivity index (χ1) is 14.8. The minimum Gasteiger partial charge on any atom is -0.490 e. The van der Waals surface area contributed by atoms with Crippen molar-refractivity contribution in [3.8, 4) is 17.1 Å². The standard InChI is InChI=1S/C27H40N2O/c1-3-5-7-9-11-12-14-16-24-17-19-25(20-18-24)27-28-22-26(23-29-27)30-21-15-13-10-8-6-4-2/h10,13,17-20,22-23H,3-9,11-12,14-16,21H2,1-2H3/b13-10-. The Bertz CT molecular complexity index is 692. The molecule has 0 aliphatic rings. The third-order valence-corrected chi connectivity index (χ3v) is 5.35. The van der Waals surface area contributed by atoms with E-state index >= 15 is 0 Å². The summed E-state index contributed by atoms with van der Waals surface area (Å²) in [6.07, 6.45) is 23.2. The second-order valence-corrected chi connectivity index (χ2v) is 8.06. The average Bonchev–Trinajstić information content (AvgIpc) is 2.79. The van der Waals surface area contributed by atoms with Gasteiger partial charge in [0.2, 0.25) is 0 Å². The van der Waals surface area contributed by atoms with E-state index in [1.54, 1.807) is 12.4 Å². The van der Waals surface area contributed by atoms with Crippen molar-refractivity contribution in [3.05, 3.63) is 54.4 Å². The molecule has 0 atom stereocenters. The Hall–Kier alpha value is -2.16. The van der Waals surface area contributed by atoms with Gasteiger partial charge in [-0.3, -0.25) is 0 Å². The number of hydrogen-bond acceptors (Lipinski definition) is 3. The largest absolute Gasteiger partial charge is 0.490 e. The molecule has 0 fully saturated rings. The maximum Gasteiger partial charge on any atom is 0.159 e. The lowest BCUT2D eigenvalue weighted by molar-refractivity contribution is 0.322. The number of aryl methyl sites for hydroxylation is 1. The summed E-state index contributed by atoms with van der Waals surface area (Å²) in [4.78, 5) is 8.95. The maximum atomic E-state index is 5.73. The van der Waals surface area contributed by atoms with E-state index in [0.29, 0.717) is 6.61 Å². The number of hydrogen-bond donors (Lipinski definition) is 0. The van der Waals surface area contributed by atoms with Gasteiger partial charge in [0.1, 0.15) is 0 Å². The van der Waals surface area contributed by atoms with Crippen LogP contribution in [0.5, 0.6) is 5.75 Å². The smallest absolute Gasteiger partial charge is 0.159 e. The Morgan fingerprint density at radius 1 is 0.733 bits per heavy atom. The minimum absolute atomic E-state index is 0.665. The Morgan fingerprint density at radius 3 is 2.07 bits per heavy atom. The van der Waals surface area contributed by atoms with Crippen molar-refractivity contribution in [2.24, 2.45) is 0 Å². The Balaban J connectivity index is 1.68. The molecule has 0 amide bonds. The zero-order valence-electron chi connectivity index (χ0n) is 19.1. The molecule has 1 heterocycles. The van der Waals surface area contributed by atoms with Crippen LogP contribution in [0.3, 0.4) is 0 Å². The summed E-state index contributed by atoms with van der Waals surface area (Å²) >= 11 is 0. The molecule has 2 aromatic rings. The summed E-state index contributed by atoms with van der Waals surface area (Å²) in [7, 11) is 0. The van der Waals surface area contributed by atoms with Gasteiger partial charge in [-0.2, -0.15) is 0 Å². The normalized spacial score (nSPS) is 11.3. The van der Waals surface area contributed by atoms with Crippen LogP contribution in [0.25, 0.3) is 11.4 Å². The molecule has 0 radical (unpaired) electrons. The summed E-state index contributed by atoms with van der Waals surface area (Å²) in [5, 5.41) is 0. The third-order valence-electron chi connectivity index (χ3n) is 5.35. The van der Waals surface area contributed by atoms with Crippen molar-refractivity contribution >= 4 is 0 Å². The molecule has 30 heavy (non-hydrogen) atoms. The number of allylic oxidation sites excluding steroid dienone is 1. The molecule has 0 bridgehead atoms. The Kier molecular flexibility index (Phi) is 12.6. The molecule has 3 nitrogen and oxygen atoms in total. The zero-order valence-corrected chi connectivity index (χ0v) is 19.1. The van der Waals surface area contributed by atoms with Gasteiger partial charge in [-0.15, -0.1) is 0 Å². The van der Waals surface area contributed by atoms with Crippen molar-refractivity contribution in [3.63, 3.8) is 0 Å². The van der Waals surface area contributed by atoms with Gasteiger partial charge in [-0.1, -0.05) is 102 Å². The molecule has 3 heteroatoms. The first-order valence-electron chi connectivity index (χ1n) is 12.0. The summed E-state index contributed by atoms with van der Waals surface area (Å²) in [6.45, 7) is 5.15. The van der Waals surface area contributed by atoms with Crippen molar-refractivity contribution in [2.45, 2.75) is 90.9 Å². The SMILES string of the molecule is CCCC/C=C\CCOc1cnc(-c2ccc(CCCCCCCCC)cc2)nc1. The van der Waals surface area contributed by atoms with Gasteiger partial charge < -0.3 is 4.74 Å². The van der Waals surface area contributed by atoms with E-state index in [9.17, 15) is 0 Å². The highest BCUT2D eigenvalue weighted by atomic mass is 16.5. The highest BCUT2D eigenvalue weighted by Crippen LogP contribution is 2.19. The maximum absolute atomic E-state index is 5.73. The quantitative estimate of drug-likeness (QED) is 0.209. The third kappa shape index (κ3) is 10.0. The molecule has 0 saturated carbocycles. The molecule has 1 aromatic carbocycles. The van der Waals surface area contributed by atoms with E-state index in [2.05, 4.69) is 60.2 Å². The fraction of sp³-hybridized carbons (Fsp3) is 0.556.